The van der Waals surface area contributed by atoms with E-state index >= 15 is 0 Å². The van der Waals surface area contributed by atoms with E-state index in [2.05, 4.69) is 15.4 Å². The van der Waals surface area contributed by atoms with E-state index < -0.39 is 0 Å². The van der Waals surface area contributed by atoms with Crippen LogP contribution in [0.4, 0.5) is 5.82 Å². The smallest absolute Gasteiger partial charge is 0.164 e. The number of benzene rings is 1. The molecule has 4 rings (SSSR count). The van der Waals surface area contributed by atoms with Gasteiger partial charge in [-0.2, -0.15) is 11.8 Å². The average Bonchev–Trinajstić information content (AvgIpc) is 3.02. The summed E-state index contributed by atoms with van der Waals surface area (Å²) >= 11 is 1.83. The van der Waals surface area contributed by atoms with Crippen LogP contribution in [0.15, 0.2) is 36.5 Å². The molecule has 0 bridgehead atoms. The number of fused-ring (bicyclic) bond motifs is 2. The van der Waals surface area contributed by atoms with Crippen LogP contribution in [-0.2, 0) is 11.5 Å². The first-order valence-electron chi connectivity index (χ1n) is 6.65. The SMILES string of the molecule is NNc1nc(-c2cccc3cccnc23)nc2c1CSC2. The fourth-order valence-corrected chi connectivity index (χ4v) is 3.62. The summed E-state index contributed by atoms with van der Waals surface area (Å²) < 4.78 is 0. The van der Waals surface area contributed by atoms with Crippen LogP contribution in [0.5, 0.6) is 0 Å². The normalized spacial score (nSPS) is 13.4. The Morgan fingerprint density at radius 3 is 2.90 bits per heavy atom. The highest BCUT2D eigenvalue weighted by molar-refractivity contribution is 7.98. The van der Waals surface area contributed by atoms with Gasteiger partial charge in [0.1, 0.15) is 5.82 Å². The summed E-state index contributed by atoms with van der Waals surface area (Å²) in [6.45, 7) is 0. The van der Waals surface area contributed by atoms with Crippen LogP contribution in [0.25, 0.3) is 22.3 Å². The van der Waals surface area contributed by atoms with E-state index in [9.17, 15) is 0 Å². The molecule has 5 nitrogen and oxygen atoms in total. The fraction of sp³-hybridized carbons (Fsp3) is 0.133. The quantitative estimate of drug-likeness (QED) is 0.559. The zero-order chi connectivity index (χ0) is 14.2. The van der Waals surface area contributed by atoms with Crippen molar-refractivity contribution in [3.05, 3.63) is 47.8 Å². The van der Waals surface area contributed by atoms with E-state index in [4.69, 9.17) is 10.8 Å². The van der Waals surface area contributed by atoms with Crippen molar-refractivity contribution in [1.82, 2.24) is 15.0 Å². The molecule has 0 spiro atoms. The Kier molecular flexibility index (Phi) is 2.98. The van der Waals surface area contributed by atoms with E-state index in [0.29, 0.717) is 11.6 Å². The lowest BCUT2D eigenvalue weighted by Gasteiger charge is -2.10. The van der Waals surface area contributed by atoms with Gasteiger partial charge >= 0.3 is 0 Å². The zero-order valence-electron chi connectivity index (χ0n) is 11.2. The van der Waals surface area contributed by atoms with Gasteiger partial charge in [0.25, 0.3) is 0 Å². The number of para-hydroxylation sites is 1. The summed E-state index contributed by atoms with van der Waals surface area (Å²) in [6.07, 6.45) is 1.79. The Balaban J connectivity index is 1.97. The molecule has 3 heterocycles. The minimum atomic E-state index is 0.675. The molecule has 21 heavy (non-hydrogen) atoms. The number of rotatable bonds is 2. The molecule has 0 saturated heterocycles. The second-order valence-electron chi connectivity index (χ2n) is 4.84. The molecule has 1 aliphatic rings. The van der Waals surface area contributed by atoms with Crippen molar-refractivity contribution in [2.45, 2.75) is 11.5 Å². The number of nitrogens with two attached hydrogens (primary N) is 1. The predicted octanol–water partition coefficient (Wildman–Crippen LogP) is 2.72. The molecule has 3 N–H and O–H groups in total. The second kappa shape index (κ2) is 4.98. The summed E-state index contributed by atoms with van der Waals surface area (Å²) in [7, 11) is 0. The lowest BCUT2D eigenvalue weighted by molar-refractivity contribution is 1.06. The number of hydrogen-bond acceptors (Lipinski definition) is 6. The van der Waals surface area contributed by atoms with Gasteiger partial charge in [-0.25, -0.2) is 15.8 Å². The summed E-state index contributed by atoms with van der Waals surface area (Å²) in [5, 5.41) is 1.08. The number of hydrazine groups is 1. The standard InChI is InChI=1S/C15H13N5S/c16-20-15-11-7-21-8-12(11)18-14(19-15)10-5-1-3-9-4-2-6-17-13(9)10/h1-6H,7-8,16H2,(H,18,19,20). The van der Waals surface area contributed by atoms with Gasteiger partial charge in [0.2, 0.25) is 0 Å². The highest BCUT2D eigenvalue weighted by atomic mass is 32.2. The van der Waals surface area contributed by atoms with Crippen molar-refractivity contribution in [3.63, 3.8) is 0 Å². The van der Waals surface area contributed by atoms with Crippen molar-refractivity contribution < 1.29 is 0 Å². The third kappa shape index (κ3) is 2.03. The molecule has 104 valence electrons. The Hall–Kier alpha value is -2.18. The van der Waals surface area contributed by atoms with E-state index in [-0.39, 0.29) is 0 Å². The first-order valence-corrected chi connectivity index (χ1v) is 7.80. The number of thioether (sulfide) groups is 1. The topological polar surface area (TPSA) is 76.7 Å². The maximum absolute atomic E-state index is 5.62. The molecule has 0 fully saturated rings. The molecule has 1 aliphatic heterocycles. The molecule has 1 aromatic carbocycles. The van der Waals surface area contributed by atoms with Gasteiger partial charge < -0.3 is 5.43 Å². The number of anilines is 1. The third-order valence-electron chi connectivity index (χ3n) is 3.59. The monoisotopic (exact) mass is 295 g/mol. The highest BCUT2D eigenvalue weighted by Gasteiger charge is 2.20. The minimum absolute atomic E-state index is 0.675. The van der Waals surface area contributed by atoms with Crippen LogP contribution in [0.3, 0.4) is 0 Å². The van der Waals surface area contributed by atoms with Gasteiger partial charge in [-0.15, -0.1) is 0 Å². The maximum atomic E-state index is 5.62. The van der Waals surface area contributed by atoms with Crippen molar-refractivity contribution in [2.75, 3.05) is 5.43 Å². The summed E-state index contributed by atoms with van der Waals surface area (Å²) in [5.41, 5.74) is 6.72. The first-order chi connectivity index (χ1) is 10.4. The van der Waals surface area contributed by atoms with E-state index in [0.717, 1.165) is 39.2 Å². The number of aromatic nitrogens is 3. The van der Waals surface area contributed by atoms with Crippen LogP contribution in [0.1, 0.15) is 11.3 Å². The molecule has 0 atom stereocenters. The molecule has 3 aromatic rings. The van der Waals surface area contributed by atoms with Crippen LogP contribution in [-0.4, -0.2) is 15.0 Å². The highest BCUT2D eigenvalue weighted by Crippen LogP contribution is 2.35. The lowest BCUT2D eigenvalue weighted by atomic mass is 10.1. The summed E-state index contributed by atoms with van der Waals surface area (Å²) in [6, 6.07) is 10.0. The molecule has 0 radical (unpaired) electrons. The number of hydrogen-bond donors (Lipinski definition) is 2. The Bertz CT molecular complexity index is 828. The Morgan fingerprint density at radius 1 is 1.10 bits per heavy atom. The summed E-state index contributed by atoms with van der Waals surface area (Å²) in [4.78, 5) is 13.8. The van der Waals surface area contributed by atoms with Gasteiger partial charge in [0, 0.05) is 34.2 Å². The molecule has 6 heteroatoms. The molecule has 0 amide bonds. The average molecular weight is 295 g/mol. The van der Waals surface area contributed by atoms with Crippen molar-refractivity contribution in [1.29, 1.82) is 0 Å². The van der Waals surface area contributed by atoms with Gasteiger partial charge in [-0.3, -0.25) is 4.98 Å². The second-order valence-corrected chi connectivity index (χ2v) is 5.82. The number of nitrogen functional groups attached to an aromatic ring is 1. The van der Waals surface area contributed by atoms with Crippen LogP contribution < -0.4 is 11.3 Å². The molecular weight excluding hydrogens is 282 g/mol. The molecule has 0 aliphatic carbocycles. The van der Waals surface area contributed by atoms with Crippen molar-refractivity contribution in [3.8, 4) is 11.4 Å². The van der Waals surface area contributed by atoms with Crippen LogP contribution >= 0.6 is 11.8 Å². The molecule has 0 saturated carbocycles. The predicted molar refractivity (Wildman–Crippen MR) is 85.6 cm³/mol. The zero-order valence-corrected chi connectivity index (χ0v) is 12.0. The Morgan fingerprint density at radius 2 is 2.00 bits per heavy atom. The first kappa shape index (κ1) is 12.6. The van der Waals surface area contributed by atoms with Crippen molar-refractivity contribution in [2.24, 2.45) is 5.84 Å². The van der Waals surface area contributed by atoms with Gasteiger partial charge in [-0.1, -0.05) is 18.2 Å². The lowest BCUT2D eigenvalue weighted by Crippen LogP contribution is -2.12. The largest absolute Gasteiger partial charge is 0.308 e. The molecule has 0 unspecified atom stereocenters. The maximum Gasteiger partial charge on any atom is 0.164 e. The van der Waals surface area contributed by atoms with Crippen molar-refractivity contribution >= 4 is 28.5 Å². The third-order valence-corrected chi connectivity index (χ3v) is 4.56. The van der Waals surface area contributed by atoms with E-state index in [1.807, 2.05) is 42.1 Å². The number of nitrogens with one attached hydrogen (secondary N) is 1. The van der Waals surface area contributed by atoms with E-state index in [1.54, 1.807) is 6.20 Å². The Labute approximate surface area is 126 Å². The van der Waals surface area contributed by atoms with Crippen LogP contribution in [0, 0.1) is 0 Å². The van der Waals surface area contributed by atoms with Gasteiger partial charge in [-0.05, 0) is 12.1 Å². The number of pyridine rings is 1. The van der Waals surface area contributed by atoms with Gasteiger partial charge in [0.15, 0.2) is 5.82 Å². The van der Waals surface area contributed by atoms with Crippen LogP contribution in [0.2, 0.25) is 0 Å². The summed E-state index contributed by atoms with van der Waals surface area (Å²) in [5.74, 6) is 8.81. The van der Waals surface area contributed by atoms with E-state index in [1.165, 1.54) is 0 Å². The van der Waals surface area contributed by atoms with Gasteiger partial charge in [0.05, 0.1) is 11.2 Å². The molecular formula is C15H13N5S. The minimum Gasteiger partial charge on any atom is -0.308 e. The number of nitrogens with zero attached hydrogens (tertiary/aromatic N) is 3. The molecule has 2 aromatic heterocycles. The fourth-order valence-electron chi connectivity index (χ4n) is 2.58.